The Morgan fingerprint density at radius 3 is 2.45 bits per heavy atom. The standard InChI is InChI=1S/C30H43ClFN3O4S/c1-19-26(34-28(2,40-19)20-8-6-4-3-5-7-9-20)27(38)35-29-12-14-30(15-13-29,24(36)17-29)33-25(37)18-39-21-10-11-22(31)23(32)16-21/h10-11,16,19-20,24,26,34,36H,3-9,12-15,17-18H2,1-2H3,(H,33,37)(H,35,38)/t19?,24-,26?,28?,29?,30?/m1/s1. The summed E-state index contributed by atoms with van der Waals surface area (Å²) in [6.07, 6.45) is 11.0. The van der Waals surface area contributed by atoms with Gasteiger partial charge in [0.15, 0.2) is 6.61 Å². The third-order valence-electron chi connectivity index (χ3n) is 9.87. The van der Waals surface area contributed by atoms with Gasteiger partial charge < -0.3 is 20.5 Å². The van der Waals surface area contributed by atoms with Crippen molar-refractivity contribution in [3.05, 3.63) is 29.0 Å². The number of carbonyl (C=O) groups excluding carboxylic acids is 2. The number of aliphatic hydroxyl groups is 1. The molecule has 2 amide bonds. The van der Waals surface area contributed by atoms with Gasteiger partial charge in [0.1, 0.15) is 11.6 Å². The lowest BCUT2D eigenvalue weighted by molar-refractivity contribution is -0.137. The number of thioether (sulfide) groups is 1. The Hall–Kier alpha value is -1.55. The zero-order chi connectivity index (χ0) is 28.5. The monoisotopic (exact) mass is 595 g/mol. The fourth-order valence-electron chi connectivity index (χ4n) is 7.44. The fourth-order valence-corrected chi connectivity index (χ4v) is 9.29. The Morgan fingerprint density at radius 1 is 1.12 bits per heavy atom. The molecule has 4 N–H and O–H groups in total. The number of hydrogen-bond acceptors (Lipinski definition) is 6. The van der Waals surface area contributed by atoms with Crippen molar-refractivity contribution in [2.45, 2.75) is 124 Å². The van der Waals surface area contributed by atoms with Crippen LogP contribution in [0.15, 0.2) is 18.2 Å². The molecule has 3 unspecified atom stereocenters. The molecule has 222 valence electrons. The molecule has 4 saturated carbocycles. The van der Waals surface area contributed by atoms with Gasteiger partial charge in [-0.2, -0.15) is 0 Å². The minimum Gasteiger partial charge on any atom is -0.484 e. The Kier molecular flexibility index (Phi) is 8.96. The summed E-state index contributed by atoms with van der Waals surface area (Å²) in [6.45, 7) is 4.13. The molecule has 1 aromatic rings. The van der Waals surface area contributed by atoms with Crippen LogP contribution in [-0.4, -0.2) is 56.9 Å². The summed E-state index contributed by atoms with van der Waals surface area (Å²) < 4.78 is 19.1. The zero-order valence-electron chi connectivity index (χ0n) is 23.6. The number of halogens is 2. The number of aliphatic hydroxyl groups excluding tert-OH is 1. The maximum atomic E-state index is 13.7. The molecule has 1 aromatic carbocycles. The molecule has 1 saturated heterocycles. The van der Waals surface area contributed by atoms with Crippen LogP contribution in [-0.2, 0) is 9.59 Å². The van der Waals surface area contributed by atoms with E-state index in [9.17, 15) is 19.1 Å². The number of benzene rings is 1. The Morgan fingerprint density at radius 2 is 1.80 bits per heavy atom. The Labute approximate surface area is 246 Å². The Balaban J connectivity index is 1.15. The first kappa shape index (κ1) is 29.9. The fraction of sp³-hybridized carbons (Fsp3) is 0.733. The van der Waals surface area contributed by atoms with Crippen LogP contribution in [0, 0.1) is 11.7 Å². The third kappa shape index (κ3) is 6.27. The number of amides is 2. The largest absolute Gasteiger partial charge is 0.484 e. The molecule has 5 fully saturated rings. The van der Waals surface area contributed by atoms with Crippen LogP contribution in [0.3, 0.4) is 0 Å². The highest BCUT2D eigenvalue weighted by Gasteiger charge is 2.56. The van der Waals surface area contributed by atoms with E-state index in [1.807, 2.05) is 11.8 Å². The van der Waals surface area contributed by atoms with Gasteiger partial charge in [0.25, 0.3) is 5.91 Å². The van der Waals surface area contributed by atoms with Gasteiger partial charge in [-0.1, -0.05) is 50.6 Å². The molecule has 1 aliphatic heterocycles. The second-order valence-electron chi connectivity index (χ2n) is 12.7. The van der Waals surface area contributed by atoms with E-state index in [2.05, 4.69) is 29.8 Å². The molecule has 0 spiro atoms. The lowest BCUT2D eigenvalue weighted by Crippen LogP contribution is -2.71. The van der Waals surface area contributed by atoms with Crippen LogP contribution in [0.25, 0.3) is 0 Å². The van der Waals surface area contributed by atoms with Gasteiger partial charge in [-0.05, 0) is 69.9 Å². The summed E-state index contributed by atoms with van der Waals surface area (Å²) in [5.41, 5.74) is -1.21. The van der Waals surface area contributed by atoms with Gasteiger partial charge in [0, 0.05) is 16.9 Å². The van der Waals surface area contributed by atoms with E-state index in [0.29, 0.717) is 38.0 Å². The number of hydrogen-bond donors (Lipinski definition) is 4. The molecule has 40 heavy (non-hydrogen) atoms. The third-order valence-corrected chi connectivity index (χ3v) is 11.8. The predicted octanol–water partition coefficient (Wildman–Crippen LogP) is 5.08. The van der Waals surface area contributed by atoms with Crippen LogP contribution < -0.4 is 20.7 Å². The minimum atomic E-state index is -0.782. The lowest BCUT2D eigenvalue weighted by atomic mass is 9.59. The van der Waals surface area contributed by atoms with Crippen molar-refractivity contribution < 1.29 is 23.8 Å². The maximum absolute atomic E-state index is 13.7. The van der Waals surface area contributed by atoms with E-state index in [1.165, 1.54) is 57.1 Å². The van der Waals surface area contributed by atoms with Gasteiger partial charge in [-0.15, -0.1) is 11.8 Å². The second-order valence-corrected chi connectivity index (χ2v) is 14.9. The van der Waals surface area contributed by atoms with Gasteiger partial charge in [0.2, 0.25) is 5.91 Å². The average molecular weight is 596 g/mol. The zero-order valence-corrected chi connectivity index (χ0v) is 25.1. The summed E-state index contributed by atoms with van der Waals surface area (Å²) in [5, 5.41) is 21.4. The quantitative estimate of drug-likeness (QED) is 0.351. The molecule has 10 heteroatoms. The number of ether oxygens (including phenoxy) is 1. The summed E-state index contributed by atoms with van der Waals surface area (Å²) in [6, 6.07) is 3.75. The van der Waals surface area contributed by atoms with Crippen molar-refractivity contribution in [3.63, 3.8) is 0 Å². The van der Waals surface area contributed by atoms with Crippen molar-refractivity contribution in [1.82, 2.24) is 16.0 Å². The maximum Gasteiger partial charge on any atom is 0.258 e. The molecule has 1 heterocycles. The van der Waals surface area contributed by atoms with E-state index >= 15 is 0 Å². The number of fused-ring (bicyclic) bond motifs is 3. The Bertz CT molecular complexity index is 1090. The first-order chi connectivity index (χ1) is 19.0. The van der Waals surface area contributed by atoms with Crippen LogP contribution >= 0.6 is 23.4 Å². The molecule has 6 rings (SSSR count). The molecule has 7 nitrogen and oxygen atoms in total. The van der Waals surface area contributed by atoms with E-state index in [1.54, 1.807) is 0 Å². The number of rotatable bonds is 7. The SMILES string of the molecule is CC1SC(C)(C2CCCCCCC2)NC1C(=O)NC12CCC(NC(=O)COc3ccc(Cl)c(F)c3)(CC1)[C@H](O)C2. The first-order valence-corrected chi connectivity index (χ1v) is 16.1. The highest BCUT2D eigenvalue weighted by Crippen LogP contribution is 2.49. The molecule has 2 bridgehead atoms. The summed E-state index contributed by atoms with van der Waals surface area (Å²) in [4.78, 5) is 26.3. The summed E-state index contributed by atoms with van der Waals surface area (Å²) in [7, 11) is 0. The number of carbonyl (C=O) groups is 2. The molecule has 0 aromatic heterocycles. The van der Waals surface area contributed by atoms with E-state index < -0.39 is 23.0 Å². The molecular weight excluding hydrogens is 553 g/mol. The lowest BCUT2D eigenvalue weighted by Gasteiger charge is -2.56. The van der Waals surface area contributed by atoms with Crippen molar-refractivity contribution in [2.75, 3.05) is 6.61 Å². The van der Waals surface area contributed by atoms with Crippen molar-refractivity contribution in [1.29, 1.82) is 0 Å². The minimum absolute atomic E-state index is 0.0141. The van der Waals surface area contributed by atoms with Crippen LogP contribution in [0.2, 0.25) is 5.02 Å². The molecular formula is C30H43ClFN3O4S. The van der Waals surface area contributed by atoms with Gasteiger partial charge in [-0.3, -0.25) is 14.9 Å². The van der Waals surface area contributed by atoms with Crippen LogP contribution in [0.1, 0.15) is 90.9 Å². The molecule has 4 atom stereocenters. The second kappa shape index (κ2) is 12.0. The van der Waals surface area contributed by atoms with E-state index in [-0.39, 0.29) is 45.4 Å². The molecule has 4 aliphatic carbocycles. The summed E-state index contributed by atoms with van der Waals surface area (Å²) >= 11 is 7.61. The topological polar surface area (TPSA) is 99.7 Å². The predicted molar refractivity (Wildman–Crippen MR) is 156 cm³/mol. The van der Waals surface area contributed by atoms with Crippen molar-refractivity contribution >= 4 is 35.2 Å². The molecule has 0 radical (unpaired) electrons. The normalized spacial score (nSPS) is 36.5. The van der Waals surface area contributed by atoms with Gasteiger partial charge in [-0.25, -0.2) is 4.39 Å². The van der Waals surface area contributed by atoms with Crippen LogP contribution in [0.4, 0.5) is 4.39 Å². The summed E-state index contributed by atoms with van der Waals surface area (Å²) in [5.74, 6) is -0.194. The molecule has 5 aliphatic rings. The highest BCUT2D eigenvalue weighted by molar-refractivity contribution is 8.01. The van der Waals surface area contributed by atoms with Gasteiger partial charge in [0.05, 0.1) is 27.6 Å². The van der Waals surface area contributed by atoms with Gasteiger partial charge >= 0.3 is 0 Å². The van der Waals surface area contributed by atoms with Crippen molar-refractivity contribution in [3.8, 4) is 5.75 Å². The average Bonchev–Trinajstić information content (AvgIpc) is 3.20. The van der Waals surface area contributed by atoms with E-state index in [4.69, 9.17) is 16.3 Å². The van der Waals surface area contributed by atoms with E-state index in [0.717, 1.165) is 6.07 Å². The van der Waals surface area contributed by atoms with Crippen LogP contribution in [0.5, 0.6) is 5.75 Å². The number of nitrogens with one attached hydrogen (secondary N) is 3. The van der Waals surface area contributed by atoms with Crippen molar-refractivity contribution in [2.24, 2.45) is 5.92 Å². The smallest absolute Gasteiger partial charge is 0.258 e. The highest BCUT2D eigenvalue weighted by atomic mass is 35.5. The first-order valence-electron chi connectivity index (χ1n) is 14.9.